The van der Waals surface area contributed by atoms with Gasteiger partial charge in [-0.1, -0.05) is 0 Å². The van der Waals surface area contributed by atoms with E-state index in [0.29, 0.717) is 18.4 Å². The van der Waals surface area contributed by atoms with Gasteiger partial charge in [0.15, 0.2) is 0 Å². The topological polar surface area (TPSA) is 84.2 Å². The number of carbonyl (C=O) groups is 2. The maximum atomic E-state index is 12.2. The molecule has 21 heavy (non-hydrogen) atoms. The van der Waals surface area contributed by atoms with Gasteiger partial charge in [-0.15, -0.1) is 0 Å². The predicted molar refractivity (Wildman–Crippen MR) is 78.1 cm³/mol. The lowest BCUT2D eigenvalue weighted by Crippen LogP contribution is -2.38. The molecule has 2 N–H and O–H groups in total. The Labute approximate surface area is 124 Å². The zero-order valence-corrected chi connectivity index (χ0v) is 12.8. The third-order valence-electron chi connectivity index (χ3n) is 3.94. The van der Waals surface area contributed by atoms with Gasteiger partial charge in [-0.05, 0) is 46.5 Å². The van der Waals surface area contributed by atoms with E-state index in [1.807, 2.05) is 20.8 Å². The van der Waals surface area contributed by atoms with Crippen LogP contribution >= 0.6 is 0 Å². The van der Waals surface area contributed by atoms with Crippen molar-refractivity contribution in [1.29, 1.82) is 0 Å². The quantitative estimate of drug-likeness (QED) is 0.893. The van der Waals surface area contributed by atoms with Crippen LogP contribution in [0.15, 0.2) is 12.4 Å². The van der Waals surface area contributed by atoms with Gasteiger partial charge in [0.1, 0.15) is 0 Å². The molecule has 1 aromatic rings. The molecule has 116 valence electrons. The molecule has 0 radical (unpaired) electrons. The first-order chi connectivity index (χ1) is 9.77. The molecule has 1 heterocycles. The van der Waals surface area contributed by atoms with Crippen molar-refractivity contribution in [2.45, 2.75) is 58.0 Å². The Kier molecular flexibility index (Phi) is 4.34. The van der Waals surface area contributed by atoms with Crippen LogP contribution in [0.2, 0.25) is 0 Å². The molecule has 0 saturated heterocycles. The van der Waals surface area contributed by atoms with E-state index in [4.69, 9.17) is 5.11 Å². The van der Waals surface area contributed by atoms with Crippen LogP contribution in [0.3, 0.4) is 0 Å². The number of carboxylic acids is 1. The van der Waals surface area contributed by atoms with Gasteiger partial charge in [-0.2, -0.15) is 5.10 Å². The Bertz CT molecular complexity index is 523. The summed E-state index contributed by atoms with van der Waals surface area (Å²) in [6.07, 6.45) is 6.01. The molecular formula is C15H23N3O3. The number of aliphatic carboxylic acids is 1. The number of carbonyl (C=O) groups excluding carboxylic acids is 1. The summed E-state index contributed by atoms with van der Waals surface area (Å²) in [7, 11) is 0. The van der Waals surface area contributed by atoms with Crippen molar-refractivity contribution < 1.29 is 14.7 Å². The average molecular weight is 293 g/mol. The minimum atomic E-state index is -0.730. The van der Waals surface area contributed by atoms with Crippen molar-refractivity contribution >= 4 is 11.9 Å². The molecule has 2 rings (SSSR count). The molecule has 1 aliphatic rings. The summed E-state index contributed by atoms with van der Waals surface area (Å²) < 4.78 is 1.77. The van der Waals surface area contributed by atoms with E-state index in [-0.39, 0.29) is 23.4 Å². The molecule has 1 aliphatic carbocycles. The second kappa shape index (κ2) is 5.87. The van der Waals surface area contributed by atoms with Crippen molar-refractivity contribution in [3.63, 3.8) is 0 Å². The molecule has 0 unspecified atom stereocenters. The standard InChI is InChI=1S/C15H23N3O3/c1-15(2,3)18-9-11(8-16-18)13(19)17-12-6-4-10(5-7-12)14(20)21/h8-10,12H,4-7H2,1-3H3,(H,17,19)(H,20,21). The number of amides is 1. The third kappa shape index (κ3) is 3.83. The number of hydrogen-bond acceptors (Lipinski definition) is 3. The summed E-state index contributed by atoms with van der Waals surface area (Å²) in [5, 5.41) is 16.2. The summed E-state index contributed by atoms with van der Waals surface area (Å²) >= 11 is 0. The van der Waals surface area contributed by atoms with Crippen molar-refractivity contribution in [3.8, 4) is 0 Å². The number of carboxylic acid groups (broad SMARTS) is 1. The van der Waals surface area contributed by atoms with Gasteiger partial charge in [0.05, 0.1) is 23.2 Å². The molecule has 1 aromatic heterocycles. The van der Waals surface area contributed by atoms with Crippen LogP contribution in [-0.4, -0.2) is 32.8 Å². The van der Waals surface area contributed by atoms with E-state index in [0.717, 1.165) is 12.8 Å². The van der Waals surface area contributed by atoms with Gasteiger partial charge in [0.2, 0.25) is 0 Å². The SMILES string of the molecule is CC(C)(C)n1cc(C(=O)NC2CCC(C(=O)O)CC2)cn1. The van der Waals surface area contributed by atoms with Crippen LogP contribution in [0.4, 0.5) is 0 Å². The van der Waals surface area contributed by atoms with Crippen molar-refractivity contribution in [2.24, 2.45) is 5.92 Å². The molecule has 0 aromatic carbocycles. The lowest BCUT2D eigenvalue weighted by molar-refractivity contribution is -0.142. The van der Waals surface area contributed by atoms with Gasteiger partial charge >= 0.3 is 5.97 Å². The Hall–Kier alpha value is -1.85. The van der Waals surface area contributed by atoms with Crippen molar-refractivity contribution in [2.75, 3.05) is 0 Å². The number of nitrogens with one attached hydrogen (secondary N) is 1. The predicted octanol–water partition coefficient (Wildman–Crippen LogP) is 2.01. The monoisotopic (exact) mass is 293 g/mol. The first-order valence-electron chi connectivity index (χ1n) is 7.36. The van der Waals surface area contributed by atoms with Crippen molar-refractivity contribution in [1.82, 2.24) is 15.1 Å². The van der Waals surface area contributed by atoms with E-state index in [1.165, 1.54) is 0 Å². The van der Waals surface area contributed by atoms with E-state index in [1.54, 1.807) is 17.1 Å². The Morgan fingerprint density at radius 1 is 1.29 bits per heavy atom. The molecular weight excluding hydrogens is 270 g/mol. The number of rotatable bonds is 3. The third-order valence-corrected chi connectivity index (χ3v) is 3.94. The number of hydrogen-bond donors (Lipinski definition) is 2. The van der Waals surface area contributed by atoms with Crippen LogP contribution < -0.4 is 5.32 Å². The van der Waals surface area contributed by atoms with Gasteiger partial charge in [0.25, 0.3) is 5.91 Å². The summed E-state index contributed by atoms with van der Waals surface area (Å²) in [6, 6.07) is 0.0612. The van der Waals surface area contributed by atoms with Gasteiger partial charge in [-0.3, -0.25) is 14.3 Å². The van der Waals surface area contributed by atoms with Crippen LogP contribution in [0.5, 0.6) is 0 Å². The molecule has 1 fully saturated rings. The van der Waals surface area contributed by atoms with Gasteiger partial charge in [-0.25, -0.2) is 0 Å². The molecule has 0 atom stereocenters. The minimum Gasteiger partial charge on any atom is -0.481 e. The van der Waals surface area contributed by atoms with Crippen LogP contribution in [0.1, 0.15) is 56.8 Å². The van der Waals surface area contributed by atoms with E-state index in [2.05, 4.69) is 10.4 Å². The largest absolute Gasteiger partial charge is 0.481 e. The smallest absolute Gasteiger partial charge is 0.306 e. The van der Waals surface area contributed by atoms with Crippen molar-refractivity contribution in [3.05, 3.63) is 18.0 Å². The van der Waals surface area contributed by atoms with E-state index in [9.17, 15) is 9.59 Å². The maximum absolute atomic E-state index is 12.2. The fourth-order valence-corrected chi connectivity index (χ4v) is 2.56. The first kappa shape index (κ1) is 15.5. The zero-order chi connectivity index (χ0) is 15.6. The summed E-state index contributed by atoms with van der Waals surface area (Å²) in [6.45, 7) is 6.07. The molecule has 0 bridgehead atoms. The molecule has 0 spiro atoms. The highest BCUT2D eigenvalue weighted by atomic mass is 16.4. The molecule has 1 amide bonds. The van der Waals surface area contributed by atoms with Gasteiger partial charge < -0.3 is 10.4 Å². The lowest BCUT2D eigenvalue weighted by atomic mass is 9.86. The van der Waals surface area contributed by atoms with Crippen LogP contribution in [-0.2, 0) is 10.3 Å². The molecule has 6 heteroatoms. The summed E-state index contributed by atoms with van der Waals surface area (Å²) in [4.78, 5) is 23.1. The van der Waals surface area contributed by atoms with Gasteiger partial charge in [0, 0.05) is 12.2 Å². The molecule has 6 nitrogen and oxygen atoms in total. The Morgan fingerprint density at radius 3 is 2.38 bits per heavy atom. The minimum absolute atomic E-state index is 0.0612. The van der Waals surface area contributed by atoms with E-state index < -0.39 is 5.97 Å². The highest BCUT2D eigenvalue weighted by Gasteiger charge is 2.27. The fourth-order valence-electron chi connectivity index (χ4n) is 2.56. The normalized spacial score (nSPS) is 22.8. The zero-order valence-electron chi connectivity index (χ0n) is 12.8. The lowest BCUT2D eigenvalue weighted by Gasteiger charge is -2.26. The molecule has 0 aliphatic heterocycles. The summed E-state index contributed by atoms with van der Waals surface area (Å²) in [5.41, 5.74) is 0.392. The van der Waals surface area contributed by atoms with E-state index >= 15 is 0 Å². The second-order valence-electron chi connectivity index (χ2n) is 6.70. The summed E-state index contributed by atoms with van der Waals surface area (Å²) in [5.74, 6) is -1.13. The van der Waals surface area contributed by atoms with Crippen LogP contribution in [0.25, 0.3) is 0 Å². The highest BCUT2D eigenvalue weighted by molar-refractivity contribution is 5.93. The first-order valence-corrected chi connectivity index (χ1v) is 7.36. The average Bonchev–Trinajstić information content (AvgIpc) is 2.88. The Balaban J connectivity index is 1.91. The number of nitrogens with zero attached hydrogens (tertiary/aromatic N) is 2. The maximum Gasteiger partial charge on any atom is 0.306 e. The highest BCUT2D eigenvalue weighted by Crippen LogP contribution is 2.24. The number of aromatic nitrogens is 2. The second-order valence-corrected chi connectivity index (χ2v) is 6.70. The Morgan fingerprint density at radius 2 is 1.90 bits per heavy atom. The van der Waals surface area contributed by atoms with Crippen LogP contribution in [0, 0.1) is 5.92 Å². The molecule has 1 saturated carbocycles. The fraction of sp³-hybridized carbons (Fsp3) is 0.667.